The minimum Gasteiger partial charge on any atom is -0.508 e. The number of phenols is 1. The van der Waals surface area contributed by atoms with Crippen LogP contribution in [0, 0.1) is 11.3 Å². The number of rotatable bonds is 12. The fourth-order valence-corrected chi connectivity index (χ4v) is 9.73. The van der Waals surface area contributed by atoms with Gasteiger partial charge in [0, 0.05) is 81.0 Å². The lowest BCUT2D eigenvalue weighted by atomic mass is 9.84. The maximum absolute atomic E-state index is 14.7. The summed E-state index contributed by atoms with van der Waals surface area (Å²) in [4.78, 5) is 78.8. The molecule has 6 bridgehead atoms. The van der Waals surface area contributed by atoms with Gasteiger partial charge in [0.25, 0.3) is 5.91 Å². The van der Waals surface area contributed by atoms with Crippen LogP contribution >= 0.6 is 0 Å². The number of phenolic OH excluding ortho intramolecular Hbond substituents is 1. The molecule has 0 saturated carbocycles. The Bertz CT molecular complexity index is 2480. The molecule has 2 fully saturated rings. The van der Waals surface area contributed by atoms with Crippen molar-refractivity contribution in [3.05, 3.63) is 71.5 Å². The molecule has 2 saturated heterocycles. The largest absolute Gasteiger partial charge is 0.508 e. The number of fused-ring (bicyclic) bond motifs is 6. The zero-order valence-electron chi connectivity index (χ0n) is 39.6. The molecule has 3 aliphatic heterocycles. The van der Waals surface area contributed by atoms with Gasteiger partial charge in [-0.2, -0.15) is 0 Å². The first kappa shape index (κ1) is 48.1. The fourth-order valence-electron chi connectivity index (χ4n) is 9.73. The Morgan fingerprint density at radius 3 is 2.55 bits per heavy atom. The normalized spacial score (nSPS) is 21.2. The summed E-state index contributed by atoms with van der Waals surface area (Å²) in [7, 11) is 3.05. The number of carbonyl (C=O) groups is 5. The molecule has 0 radical (unpaired) electrons. The summed E-state index contributed by atoms with van der Waals surface area (Å²) in [6, 6.07) is 10.1. The van der Waals surface area contributed by atoms with E-state index in [9.17, 15) is 34.2 Å². The van der Waals surface area contributed by atoms with Crippen molar-refractivity contribution in [1.29, 1.82) is 0 Å². The zero-order chi connectivity index (χ0) is 47.6. The highest BCUT2D eigenvalue weighted by Crippen LogP contribution is 2.41. The number of cyclic esters (lactones) is 1. The summed E-state index contributed by atoms with van der Waals surface area (Å²) >= 11 is 0. The van der Waals surface area contributed by atoms with E-state index in [1.807, 2.05) is 29.4 Å². The third-order valence-electron chi connectivity index (χ3n) is 13.2. The summed E-state index contributed by atoms with van der Waals surface area (Å²) in [5, 5.41) is 25.9. The van der Waals surface area contributed by atoms with Crippen LogP contribution in [-0.4, -0.2) is 147 Å². The molecule has 354 valence electrons. The minimum absolute atomic E-state index is 0.0145. The van der Waals surface area contributed by atoms with Crippen molar-refractivity contribution in [2.24, 2.45) is 11.3 Å². The first-order valence-electron chi connectivity index (χ1n) is 23.3. The molecule has 0 aliphatic carbocycles. The van der Waals surface area contributed by atoms with E-state index in [-0.39, 0.29) is 44.4 Å². The van der Waals surface area contributed by atoms with Gasteiger partial charge in [0.15, 0.2) is 0 Å². The number of carbonyl (C=O) groups excluding carboxylic acids is 5. The van der Waals surface area contributed by atoms with Gasteiger partial charge in [-0.25, -0.2) is 5.43 Å². The molecule has 66 heavy (non-hydrogen) atoms. The van der Waals surface area contributed by atoms with Crippen LogP contribution in [0.4, 0.5) is 0 Å². The Labute approximate surface area is 387 Å². The summed E-state index contributed by atoms with van der Waals surface area (Å²) in [5.41, 5.74) is 10.2. The molecule has 3 aliphatic rings. The number of hydrazine groups is 1. The van der Waals surface area contributed by atoms with Crippen LogP contribution < -0.4 is 10.7 Å². The molecule has 7 rings (SSSR count). The Kier molecular flexibility index (Phi) is 14.5. The number of aromatic nitrogens is 2. The quantitative estimate of drug-likeness (QED) is 0.119. The second-order valence-corrected chi connectivity index (χ2v) is 19.2. The molecule has 1 unspecified atom stereocenters. The molecular weight excluding hydrogens is 841 g/mol. The zero-order valence-corrected chi connectivity index (χ0v) is 39.6. The number of aryl methyl sites for hydroxylation is 2. The van der Waals surface area contributed by atoms with Crippen molar-refractivity contribution >= 4 is 40.5 Å². The van der Waals surface area contributed by atoms with Crippen LogP contribution in [-0.2, 0) is 54.5 Å². The van der Waals surface area contributed by atoms with Crippen molar-refractivity contribution in [1.82, 2.24) is 40.0 Å². The molecule has 4 amide bonds. The number of esters is 1. The van der Waals surface area contributed by atoms with Gasteiger partial charge in [-0.05, 0) is 96.7 Å². The molecule has 2 aromatic carbocycles. The number of aromatic hydroxyl groups is 1. The van der Waals surface area contributed by atoms with Crippen LogP contribution in [0.25, 0.3) is 33.3 Å². The van der Waals surface area contributed by atoms with Gasteiger partial charge >= 0.3 is 5.97 Å². The Morgan fingerprint density at radius 2 is 1.83 bits per heavy atom. The number of aliphatic hydroxyl groups excluding tert-OH is 1. The van der Waals surface area contributed by atoms with E-state index in [0.717, 1.165) is 45.3 Å². The second-order valence-electron chi connectivity index (χ2n) is 19.2. The number of hydrogen-bond donors (Lipinski definition) is 4. The maximum atomic E-state index is 14.7. The molecule has 4 aromatic rings. The van der Waals surface area contributed by atoms with Crippen molar-refractivity contribution < 1.29 is 38.9 Å². The number of likely N-dealkylation sites (N-methyl/N-ethyl adjacent to an activating group) is 2. The van der Waals surface area contributed by atoms with E-state index in [1.165, 1.54) is 34.5 Å². The van der Waals surface area contributed by atoms with Crippen LogP contribution in [0.5, 0.6) is 5.75 Å². The van der Waals surface area contributed by atoms with Gasteiger partial charge < -0.3 is 34.6 Å². The Hall–Kier alpha value is -5.84. The highest BCUT2D eigenvalue weighted by Gasteiger charge is 2.43. The van der Waals surface area contributed by atoms with Gasteiger partial charge in [0.2, 0.25) is 17.7 Å². The lowest BCUT2D eigenvalue weighted by Gasteiger charge is -2.37. The van der Waals surface area contributed by atoms with Gasteiger partial charge in [0.05, 0.1) is 25.5 Å². The summed E-state index contributed by atoms with van der Waals surface area (Å²) in [6.07, 6.45) is 6.05. The number of nitrogens with zero attached hydrogens (tertiary/aromatic N) is 6. The minimum atomic E-state index is -1.18. The van der Waals surface area contributed by atoms with Gasteiger partial charge in [-0.1, -0.05) is 46.8 Å². The van der Waals surface area contributed by atoms with Gasteiger partial charge in [-0.15, -0.1) is 0 Å². The number of nitrogens with one attached hydrogen (secondary N) is 2. The van der Waals surface area contributed by atoms with Crippen LogP contribution in [0.3, 0.4) is 0 Å². The van der Waals surface area contributed by atoms with E-state index in [4.69, 9.17) is 4.74 Å². The monoisotopic (exact) mass is 907 g/mol. The van der Waals surface area contributed by atoms with Crippen molar-refractivity contribution in [3.8, 4) is 28.1 Å². The third kappa shape index (κ3) is 10.2. The number of aliphatic hydroxyl groups is 1. The van der Waals surface area contributed by atoms with E-state index in [2.05, 4.69) is 66.2 Å². The highest BCUT2D eigenvalue weighted by atomic mass is 16.5. The average molecular weight is 907 g/mol. The fraction of sp³-hybridized carbons (Fsp3) is 0.520. The predicted octanol–water partition coefficient (Wildman–Crippen LogP) is 3.92. The van der Waals surface area contributed by atoms with Crippen molar-refractivity contribution in [2.75, 3.05) is 53.5 Å². The van der Waals surface area contributed by atoms with Gasteiger partial charge in [-0.3, -0.25) is 38.9 Å². The number of pyridine rings is 1. The highest BCUT2D eigenvalue weighted by molar-refractivity contribution is 5.96. The van der Waals surface area contributed by atoms with Crippen molar-refractivity contribution in [3.63, 3.8) is 0 Å². The molecule has 4 N–H and O–H groups in total. The Balaban J connectivity index is 1.26. The molecule has 5 heterocycles. The maximum Gasteiger partial charge on any atom is 0.324 e. The van der Waals surface area contributed by atoms with E-state index in [1.54, 1.807) is 26.0 Å². The molecular formula is C50H66N8O8. The van der Waals surface area contributed by atoms with Crippen molar-refractivity contribution in [2.45, 2.75) is 104 Å². The summed E-state index contributed by atoms with van der Waals surface area (Å²) in [5.74, 6) is -2.66. The molecule has 16 heteroatoms. The predicted molar refractivity (Wildman–Crippen MR) is 251 cm³/mol. The van der Waals surface area contributed by atoms with Crippen LogP contribution in [0.1, 0.15) is 71.1 Å². The van der Waals surface area contributed by atoms with E-state index in [0.29, 0.717) is 44.5 Å². The number of amides is 4. The molecule has 2 aromatic heterocycles. The van der Waals surface area contributed by atoms with Crippen LogP contribution in [0.2, 0.25) is 0 Å². The molecule has 5 atom stereocenters. The smallest absolute Gasteiger partial charge is 0.324 e. The number of benzene rings is 2. The Morgan fingerprint density at radius 1 is 1.06 bits per heavy atom. The summed E-state index contributed by atoms with van der Waals surface area (Å²) in [6.45, 7) is 13.6. The SMILES string of the molecule is CCc1ccncc1-c1c2c3cc(ccc3n1CC)-c1cc(O)cc(c1)C[C@H](NC(=O)[C@H](C(C)C)N(C)C(=O)CN(C)C(=O)[C@@H]1CN1CCO)C(=O)N1CCC[C@H](N1)C(=O)OCC(C)(C)C2. The lowest BCUT2D eigenvalue weighted by molar-refractivity contribution is -0.155. The van der Waals surface area contributed by atoms with Crippen LogP contribution in [0.15, 0.2) is 54.9 Å². The molecule has 16 nitrogen and oxygen atoms in total. The first-order chi connectivity index (χ1) is 31.4. The van der Waals surface area contributed by atoms with E-state index >= 15 is 0 Å². The number of hydrogen-bond acceptors (Lipinski definition) is 11. The number of ether oxygens (including phenoxy) is 1. The average Bonchev–Trinajstić information content (AvgIpc) is 4.00. The van der Waals surface area contributed by atoms with E-state index < -0.39 is 59.2 Å². The topological polar surface area (TPSA) is 190 Å². The second kappa shape index (κ2) is 19.9. The molecule has 0 spiro atoms. The number of β-amino-alcohol motifs (C(OH)–C–C–N with tert-alkyl or cyclic N) is 1. The standard InChI is InChI=1S/C50H66N8O8/c1-9-32-15-16-51-26-38(32)45-37-25-50(5,6)29-66-49(65)39-12-11-17-58(53-39)47(63)40(22-31-20-34(23-35(60)21-31)33-13-14-41(36(37)24-33)57(45)10-2)52-46(62)44(30(3)4)55(8)43(61)28-54(7)48(64)42-27-56(42)18-19-59/h13-16,20-21,23-24,26,30,39-40,42,44,53,59-60H,9-12,17-19,22,25,27-29H2,1-8H3,(H,52,62)/t39-,40-,42-,44-,56?/m0/s1. The third-order valence-corrected chi connectivity index (χ3v) is 13.2. The van der Waals surface area contributed by atoms with Gasteiger partial charge in [0.1, 0.15) is 29.9 Å². The lowest BCUT2D eigenvalue weighted by Crippen LogP contribution is -2.62. The summed E-state index contributed by atoms with van der Waals surface area (Å²) < 4.78 is 8.40. The first-order valence-corrected chi connectivity index (χ1v) is 23.3.